The number of carbonyl (C=O) groups is 1. The molecule has 2 fully saturated rings. The molecule has 1 amide bonds. The Kier molecular flexibility index (Phi) is 6.49. The first-order valence-electron chi connectivity index (χ1n) is 12.4. The summed E-state index contributed by atoms with van der Waals surface area (Å²) >= 11 is 1.53. The highest BCUT2D eigenvalue weighted by atomic mass is 32.2. The molecule has 0 aromatic carbocycles. The van der Waals surface area contributed by atoms with Crippen LogP contribution in [0, 0.1) is 17.7 Å². The molecule has 0 bridgehead atoms. The van der Waals surface area contributed by atoms with E-state index >= 15 is 0 Å². The number of nitrogens with one attached hydrogen (secondary N) is 2. The van der Waals surface area contributed by atoms with Gasteiger partial charge in [0.1, 0.15) is 11.6 Å². The van der Waals surface area contributed by atoms with Crippen molar-refractivity contribution in [1.29, 1.82) is 0 Å². The lowest BCUT2D eigenvalue weighted by Gasteiger charge is -2.22. The highest BCUT2D eigenvalue weighted by molar-refractivity contribution is 8.00. The minimum Gasteiger partial charge on any atom is -0.481 e. The fourth-order valence-corrected chi connectivity index (χ4v) is 6.59. The largest absolute Gasteiger partial charge is 0.481 e. The van der Waals surface area contributed by atoms with Crippen molar-refractivity contribution < 1.29 is 15.3 Å². The molecular formula is C26H31FN6O2S. The molecule has 2 aliphatic heterocycles. The number of rotatable bonds is 7. The summed E-state index contributed by atoms with van der Waals surface area (Å²) in [6.07, 6.45) is 4.25. The number of fused-ring (bicyclic) bond motifs is 3. The van der Waals surface area contributed by atoms with Gasteiger partial charge in [0.25, 0.3) is 0 Å². The monoisotopic (exact) mass is 510 g/mol. The number of halogens is 1. The molecule has 3 atom stereocenters. The smallest absolute Gasteiger partial charge is 0.235 e. The molecule has 3 aliphatic rings. The van der Waals surface area contributed by atoms with Crippen molar-refractivity contribution in [3.63, 3.8) is 0 Å². The normalized spacial score (nSPS) is 23.5. The predicted molar refractivity (Wildman–Crippen MR) is 139 cm³/mol. The van der Waals surface area contributed by atoms with Gasteiger partial charge in [0.15, 0.2) is 0 Å². The molecule has 3 aromatic rings. The number of likely N-dealkylation sites (tertiary alicyclic amines) is 1. The fourth-order valence-electron chi connectivity index (χ4n) is 5.83. The third-order valence-electron chi connectivity index (χ3n) is 7.64. The SMILES string of the molecule is COc1ccc2ncc(F)c(CCN3C[C@@H]4CC[C@H](NCc5ccc6c(n5)NC(=O)CS6)[C@@H]4C3)c2n1.[HH]. The summed E-state index contributed by atoms with van der Waals surface area (Å²) in [6, 6.07) is 8.10. The maximum absolute atomic E-state index is 14.7. The average molecular weight is 511 g/mol. The third kappa shape index (κ3) is 4.65. The molecule has 5 heterocycles. The summed E-state index contributed by atoms with van der Waals surface area (Å²) in [7, 11) is 1.56. The number of anilines is 1. The fraction of sp³-hybridized carbons (Fsp3) is 0.462. The zero-order chi connectivity index (χ0) is 24.6. The van der Waals surface area contributed by atoms with Crippen LogP contribution in [0.25, 0.3) is 11.0 Å². The molecule has 0 spiro atoms. The second-order valence-electron chi connectivity index (χ2n) is 9.79. The van der Waals surface area contributed by atoms with Crippen molar-refractivity contribution in [2.45, 2.75) is 36.7 Å². The van der Waals surface area contributed by atoms with E-state index in [1.54, 1.807) is 13.2 Å². The highest BCUT2D eigenvalue weighted by Crippen LogP contribution is 2.38. The molecule has 2 N–H and O–H groups in total. The summed E-state index contributed by atoms with van der Waals surface area (Å²) in [6.45, 7) is 3.53. The number of amides is 1. The van der Waals surface area contributed by atoms with Crippen LogP contribution < -0.4 is 15.4 Å². The van der Waals surface area contributed by atoms with Crippen molar-refractivity contribution in [3.8, 4) is 5.88 Å². The zero-order valence-corrected chi connectivity index (χ0v) is 21.0. The Balaban J connectivity index is 0.00000280. The van der Waals surface area contributed by atoms with Crippen molar-refractivity contribution in [1.82, 2.24) is 25.2 Å². The van der Waals surface area contributed by atoms with Gasteiger partial charge in [-0.2, -0.15) is 0 Å². The highest BCUT2D eigenvalue weighted by Gasteiger charge is 2.42. The second kappa shape index (κ2) is 9.91. The standard InChI is InChI=1S/C26H29FN6O2S.H2/c1-35-24-7-5-21-25(32-24)17(19(27)11-29-21)8-9-33-12-15-2-4-20(18(15)13-33)28-10-16-3-6-22-26(30-16)31-23(34)14-36-22;/h3,5-7,11,15,18,20,28H,2,4,8-10,12-14H2,1H3,(H,30,31,34);1H/t15-,18+,20-;/m0./s1. The van der Waals surface area contributed by atoms with E-state index in [1.807, 2.05) is 18.2 Å². The summed E-state index contributed by atoms with van der Waals surface area (Å²) in [5.74, 6) is 2.52. The Hall–Kier alpha value is -2.82. The van der Waals surface area contributed by atoms with Gasteiger partial charge >= 0.3 is 0 Å². The van der Waals surface area contributed by atoms with Gasteiger partial charge in [-0.15, -0.1) is 11.8 Å². The first-order chi connectivity index (χ1) is 17.6. The second-order valence-corrected chi connectivity index (χ2v) is 10.8. The Labute approximate surface area is 214 Å². The number of nitrogens with zero attached hydrogens (tertiary/aromatic N) is 4. The number of thioether (sulfide) groups is 1. The van der Waals surface area contributed by atoms with Gasteiger partial charge in [-0.05, 0) is 49.3 Å². The van der Waals surface area contributed by atoms with Crippen molar-refractivity contribution in [3.05, 3.63) is 47.5 Å². The Morgan fingerprint density at radius 3 is 3.06 bits per heavy atom. The Morgan fingerprint density at radius 1 is 1.25 bits per heavy atom. The van der Waals surface area contributed by atoms with Gasteiger partial charge in [0, 0.05) is 45.3 Å². The number of methoxy groups -OCH3 is 1. The minimum atomic E-state index is -0.311. The van der Waals surface area contributed by atoms with Crippen molar-refractivity contribution >= 4 is 34.5 Å². The van der Waals surface area contributed by atoms with E-state index in [9.17, 15) is 9.18 Å². The zero-order valence-electron chi connectivity index (χ0n) is 20.2. The molecule has 1 saturated carbocycles. The molecular weight excluding hydrogens is 479 g/mol. The van der Waals surface area contributed by atoms with E-state index in [0.717, 1.165) is 36.6 Å². The van der Waals surface area contributed by atoms with E-state index in [2.05, 4.69) is 30.5 Å². The number of carbonyl (C=O) groups excluding carboxylic acids is 1. The molecule has 190 valence electrons. The van der Waals surface area contributed by atoms with Gasteiger partial charge in [-0.3, -0.25) is 9.78 Å². The molecule has 1 aliphatic carbocycles. The summed E-state index contributed by atoms with van der Waals surface area (Å²) in [4.78, 5) is 28.5. The van der Waals surface area contributed by atoms with Crippen LogP contribution in [-0.4, -0.2) is 64.3 Å². The van der Waals surface area contributed by atoms with Crippen LogP contribution in [0.1, 0.15) is 25.5 Å². The molecule has 10 heteroatoms. The molecule has 1 saturated heterocycles. The van der Waals surface area contributed by atoms with Crippen LogP contribution in [-0.2, 0) is 17.8 Å². The van der Waals surface area contributed by atoms with Crippen LogP contribution in [0.3, 0.4) is 0 Å². The Bertz CT molecular complexity index is 1310. The third-order valence-corrected chi connectivity index (χ3v) is 8.68. The van der Waals surface area contributed by atoms with E-state index in [0.29, 0.717) is 64.9 Å². The quantitative estimate of drug-likeness (QED) is 0.499. The maximum atomic E-state index is 14.7. The summed E-state index contributed by atoms with van der Waals surface area (Å²) < 4.78 is 19.9. The van der Waals surface area contributed by atoms with E-state index in [-0.39, 0.29) is 13.2 Å². The van der Waals surface area contributed by atoms with Crippen LogP contribution in [0.2, 0.25) is 0 Å². The number of hydrogen-bond donors (Lipinski definition) is 2. The maximum Gasteiger partial charge on any atom is 0.235 e. The van der Waals surface area contributed by atoms with Crippen molar-refractivity contribution in [2.24, 2.45) is 11.8 Å². The van der Waals surface area contributed by atoms with Gasteiger partial charge in [-0.1, -0.05) is 0 Å². The van der Waals surface area contributed by atoms with Gasteiger partial charge in [0.2, 0.25) is 11.8 Å². The summed E-state index contributed by atoms with van der Waals surface area (Å²) in [5, 5.41) is 6.60. The minimum absolute atomic E-state index is 0. The molecule has 36 heavy (non-hydrogen) atoms. The number of aromatic nitrogens is 3. The van der Waals surface area contributed by atoms with Crippen LogP contribution in [0.5, 0.6) is 5.88 Å². The van der Waals surface area contributed by atoms with Gasteiger partial charge in [-0.25, -0.2) is 14.4 Å². The lowest BCUT2D eigenvalue weighted by atomic mass is 9.98. The first kappa shape index (κ1) is 23.6. The molecule has 3 aromatic heterocycles. The summed E-state index contributed by atoms with van der Waals surface area (Å²) in [5.41, 5.74) is 2.82. The lowest BCUT2D eigenvalue weighted by molar-refractivity contribution is -0.113. The van der Waals surface area contributed by atoms with Crippen LogP contribution >= 0.6 is 11.8 Å². The number of ether oxygens (including phenoxy) is 1. The van der Waals surface area contributed by atoms with Crippen molar-refractivity contribution in [2.75, 3.05) is 37.8 Å². The molecule has 0 radical (unpaired) electrons. The van der Waals surface area contributed by atoms with E-state index < -0.39 is 0 Å². The first-order valence-corrected chi connectivity index (χ1v) is 13.4. The predicted octanol–water partition coefficient (Wildman–Crippen LogP) is 3.51. The molecule has 6 rings (SSSR count). The van der Waals surface area contributed by atoms with Crippen LogP contribution in [0.15, 0.2) is 35.4 Å². The molecule has 0 unspecified atom stereocenters. The van der Waals surface area contributed by atoms with E-state index in [4.69, 9.17) is 4.74 Å². The number of hydrogen-bond acceptors (Lipinski definition) is 8. The van der Waals surface area contributed by atoms with Gasteiger partial charge in [0.05, 0.1) is 40.7 Å². The average Bonchev–Trinajstić information content (AvgIpc) is 3.47. The van der Waals surface area contributed by atoms with Gasteiger partial charge < -0.3 is 20.3 Å². The number of pyridine rings is 3. The Morgan fingerprint density at radius 2 is 2.17 bits per heavy atom. The lowest BCUT2D eigenvalue weighted by Crippen LogP contribution is -2.36. The van der Waals surface area contributed by atoms with Crippen LogP contribution in [0.4, 0.5) is 10.2 Å². The van der Waals surface area contributed by atoms with E-state index in [1.165, 1.54) is 24.4 Å². The topological polar surface area (TPSA) is 92.3 Å². The molecule has 8 nitrogen and oxygen atoms in total.